The molecule has 0 aliphatic rings. The van der Waals surface area contributed by atoms with E-state index in [2.05, 4.69) is 0 Å². The van der Waals surface area contributed by atoms with E-state index in [0.717, 1.165) is 12.1 Å². The van der Waals surface area contributed by atoms with Crippen molar-refractivity contribution in [2.45, 2.75) is 4.90 Å². The van der Waals surface area contributed by atoms with E-state index in [9.17, 15) is 17.6 Å². The standard InChI is InChI=1S/C12H9FO4S/c13-9-3-1-4-10(7-9)18(15,16)8-11(14)12-5-2-6-17-12/h1-7H,8H2. The van der Waals surface area contributed by atoms with Crippen molar-refractivity contribution in [2.24, 2.45) is 0 Å². The summed E-state index contributed by atoms with van der Waals surface area (Å²) in [5, 5.41) is 0. The molecule has 0 saturated carbocycles. The number of rotatable bonds is 4. The Balaban J connectivity index is 2.25. The van der Waals surface area contributed by atoms with Gasteiger partial charge in [-0.1, -0.05) is 6.07 Å². The Labute approximate surface area is 103 Å². The molecule has 0 unspecified atom stereocenters. The van der Waals surface area contributed by atoms with E-state index >= 15 is 0 Å². The average Bonchev–Trinajstić information content (AvgIpc) is 2.82. The fraction of sp³-hybridized carbons (Fsp3) is 0.0833. The SMILES string of the molecule is O=C(CS(=O)(=O)c1cccc(F)c1)c1ccco1. The zero-order valence-corrected chi connectivity index (χ0v) is 9.98. The van der Waals surface area contributed by atoms with Gasteiger partial charge in [0, 0.05) is 0 Å². The van der Waals surface area contributed by atoms with Crippen molar-refractivity contribution >= 4 is 15.6 Å². The van der Waals surface area contributed by atoms with Gasteiger partial charge in [0.2, 0.25) is 5.78 Å². The first kappa shape index (κ1) is 12.5. The van der Waals surface area contributed by atoms with Gasteiger partial charge in [-0.25, -0.2) is 12.8 Å². The number of carbonyl (C=O) groups is 1. The molecule has 2 rings (SSSR count). The van der Waals surface area contributed by atoms with Crippen molar-refractivity contribution in [1.82, 2.24) is 0 Å². The molecule has 0 amide bonds. The first-order valence-corrected chi connectivity index (χ1v) is 6.69. The van der Waals surface area contributed by atoms with E-state index in [-0.39, 0.29) is 10.7 Å². The van der Waals surface area contributed by atoms with E-state index in [0.29, 0.717) is 0 Å². The van der Waals surface area contributed by atoms with Crippen molar-refractivity contribution in [3.05, 3.63) is 54.2 Å². The summed E-state index contributed by atoms with van der Waals surface area (Å²) in [5.41, 5.74) is 0. The Kier molecular flexibility index (Phi) is 3.29. The summed E-state index contributed by atoms with van der Waals surface area (Å²) in [6.07, 6.45) is 1.28. The lowest BCUT2D eigenvalue weighted by atomic mass is 10.3. The lowest BCUT2D eigenvalue weighted by Gasteiger charge is -2.02. The minimum atomic E-state index is -3.86. The molecule has 0 radical (unpaired) electrons. The zero-order chi connectivity index (χ0) is 13.2. The van der Waals surface area contributed by atoms with E-state index in [1.54, 1.807) is 0 Å². The minimum absolute atomic E-state index is 0.0324. The second kappa shape index (κ2) is 4.73. The number of benzene rings is 1. The van der Waals surface area contributed by atoms with E-state index in [4.69, 9.17) is 4.42 Å². The minimum Gasteiger partial charge on any atom is -0.461 e. The van der Waals surface area contributed by atoms with Gasteiger partial charge in [-0.3, -0.25) is 4.79 Å². The maximum Gasteiger partial charge on any atom is 0.213 e. The summed E-state index contributed by atoms with van der Waals surface area (Å²) in [6, 6.07) is 7.40. The number of furan rings is 1. The second-order valence-electron chi connectivity index (χ2n) is 3.62. The average molecular weight is 268 g/mol. The van der Waals surface area contributed by atoms with Crippen molar-refractivity contribution < 1.29 is 22.0 Å². The topological polar surface area (TPSA) is 64.3 Å². The third-order valence-corrected chi connectivity index (χ3v) is 3.89. The van der Waals surface area contributed by atoms with Crippen LogP contribution in [0.5, 0.6) is 0 Å². The Bertz CT molecular complexity index is 659. The maximum absolute atomic E-state index is 12.9. The smallest absolute Gasteiger partial charge is 0.213 e. The fourth-order valence-electron chi connectivity index (χ4n) is 1.42. The highest BCUT2D eigenvalue weighted by Gasteiger charge is 2.22. The molecule has 94 valence electrons. The zero-order valence-electron chi connectivity index (χ0n) is 9.17. The molecule has 1 aromatic carbocycles. The normalized spacial score (nSPS) is 11.4. The van der Waals surface area contributed by atoms with Crippen LogP contribution in [0.4, 0.5) is 4.39 Å². The molecule has 0 saturated heterocycles. The third-order valence-electron chi connectivity index (χ3n) is 2.27. The number of ketones is 1. The number of halogens is 1. The first-order chi connectivity index (χ1) is 8.49. The number of hydrogen-bond acceptors (Lipinski definition) is 4. The quantitative estimate of drug-likeness (QED) is 0.796. The van der Waals surface area contributed by atoms with Crippen LogP contribution in [0.25, 0.3) is 0 Å². The Morgan fingerprint density at radius 3 is 2.61 bits per heavy atom. The number of hydrogen-bond donors (Lipinski definition) is 0. The van der Waals surface area contributed by atoms with Gasteiger partial charge < -0.3 is 4.42 Å². The number of carbonyl (C=O) groups excluding carboxylic acids is 1. The molecular formula is C12H9FO4S. The second-order valence-corrected chi connectivity index (χ2v) is 5.61. The molecule has 6 heteroatoms. The summed E-state index contributed by atoms with van der Waals surface area (Å²) in [5.74, 6) is -2.11. The predicted molar refractivity (Wildman–Crippen MR) is 61.5 cm³/mol. The highest BCUT2D eigenvalue weighted by atomic mass is 32.2. The molecule has 0 spiro atoms. The summed E-state index contributed by atoms with van der Waals surface area (Å²) in [7, 11) is -3.86. The van der Waals surface area contributed by atoms with Crippen LogP contribution in [0.3, 0.4) is 0 Å². The van der Waals surface area contributed by atoms with Crippen LogP contribution in [0, 0.1) is 5.82 Å². The molecule has 0 fully saturated rings. The lowest BCUT2D eigenvalue weighted by Crippen LogP contribution is -2.16. The predicted octanol–water partition coefficient (Wildman–Crippen LogP) is 2.08. The maximum atomic E-state index is 12.9. The summed E-state index contributed by atoms with van der Waals surface area (Å²) in [6.45, 7) is 0. The van der Waals surface area contributed by atoms with Crippen molar-refractivity contribution in [3.8, 4) is 0 Å². The van der Waals surface area contributed by atoms with Crippen LogP contribution in [-0.4, -0.2) is 20.0 Å². The van der Waals surface area contributed by atoms with Crippen molar-refractivity contribution in [3.63, 3.8) is 0 Å². The Morgan fingerprint density at radius 1 is 1.22 bits per heavy atom. The van der Waals surface area contributed by atoms with Crippen LogP contribution in [0.1, 0.15) is 10.6 Å². The highest BCUT2D eigenvalue weighted by molar-refractivity contribution is 7.92. The molecule has 0 aliphatic carbocycles. The van der Waals surface area contributed by atoms with Crippen molar-refractivity contribution in [1.29, 1.82) is 0 Å². The molecule has 2 aromatic rings. The third kappa shape index (κ3) is 2.65. The van der Waals surface area contributed by atoms with Crippen molar-refractivity contribution in [2.75, 3.05) is 5.75 Å². The van der Waals surface area contributed by atoms with Gasteiger partial charge in [-0.05, 0) is 30.3 Å². The molecule has 0 bridgehead atoms. The summed E-state index contributed by atoms with van der Waals surface area (Å²) >= 11 is 0. The van der Waals surface area contributed by atoms with Crippen LogP contribution in [-0.2, 0) is 9.84 Å². The lowest BCUT2D eigenvalue weighted by molar-refractivity contribution is 0.0990. The molecular weight excluding hydrogens is 259 g/mol. The molecule has 1 heterocycles. The molecule has 0 N–H and O–H groups in total. The van der Waals surface area contributed by atoms with Gasteiger partial charge in [0.15, 0.2) is 15.6 Å². The fourth-order valence-corrected chi connectivity index (χ4v) is 2.66. The highest BCUT2D eigenvalue weighted by Crippen LogP contribution is 2.14. The summed E-state index contributed by atoms with van der Waals surface area (Å²) < 4.78 is 41.5. The van der Waals surface area contributed by atoms with E-state index < -0.39 is 27.2 Å². The molecule has 18 heavy (non-hydrogen) atoms. The van der Waals surface area contributed by atoms with E-state index in [1.165, 1.54) is 30.5 Å². The van der Waals surface area contributed by atoms with Gasteiger partial charge in [0.05, 0.1) is 11.2 Å². The Morgan fingerprint density at radius 2 is 2.00 bits per heavy atom. The van der Waals surface area contributed by atoms with Crippen LogP contribution < -0.4 is 0 Å². The molecule has 0 atom stereocenters. The Hall–Kier alpha value is -1.95. The van der Waals surface area contributed by atoms with Crippen LogP contribution in [0.15, 0.2) is 52.0 Å². The van der Waals surface area contributed by atoms with E-state index in [1.807, 2.05) is 0 Å². The monoisotopic (exact) mass is 268 g/mol. The number of Topliss-reactive ketones (excluding diaryl/α,β-unsaturated/α-hetero) is 1. The van der Waals surface area contributed by atoms with Gasteiger partial charge in [-0.2, -0.15) is 0 Å². The molecule has 4 nitrogen and oxygen atoms in total. The number of sulfone groups is 1. The van der Waals surface area contributed by atoms with Gasteiger partial charge >= 0.3 is 0 Å². The molecule has 1 aromatic heterocycles. The van der Waals surface area contributed by atoms with Crippen LogP contribution in [0.2, 0.25) is 0 Å². The van der Waals surface area contributed by atoms with Gasteiger partial charge in [-0.15, -0.1) is 0 Å². The van der Waals surface area contributed by atoms with Gasteiger partial charge in [0.1, 0.15) is 11.6 Å². The summed E-state index contributed by atoms with van der Waals surface area (Å²) in [4.78, 5) is 11.4. The molecule has 0 aliphatic heterocycles. The largest absolute Gasteiger partial charge is 0.461 e. The van der Waals surface area contributed by atoms with Gasteiger partial charge in [0.25, 0.3) is 0 Å². The van der Waals surface area contributed by atoms with Crippen LogP contribution >= 0.6 is 0 Å². The first-order valence-electron chi connectivity index (χ1n) is 5.04.